The molecule has 0 heterocycles. The average molecular weight is 262 g/mol. The Balaban J connectivity index is 2.21. The summed E-state index contributed by atoms with van der Waals surface area (Å²) in [6, 6.07) is 4.01. The number of anilines is 1. The molecular formula is C15H22N2O2. The van der Waals surface area contributed by atoms with Crippen molar-refractivity contribution in [1.82, 2.24) is 5.32 Å². The van der Waals surface area contributed by atoms with Gasteiger partial charge < -0.3 is 15.4 Å². The van der Waals surface area contributed by atoms with Crippen LogP contribution in [0.4, 0.5) is 5.69 Å². The zero-order valence-electron chi connectivity index (χ0n) is 12.1. The van der Waals surface area contributed by atoms with Crippen molar-refractivity contribution in [3.05, 3.63) is 23.3 Å². The first kappa shape index (κ1) is 13.9. The van der Waals surface area contributed by atoms with Gasteiger partial charge in [-0.05, 0) is 50.9 Å². The molecular weight excluding hydrogens is 240 g/mol. The molecule has 4 heteroatoms. The molecule has 0 aromatic heterocycles. The van der Waals surface area contributed by atoms with Crippen molar-refractivity contribution in [3.63, 3.8) is 0 Å². The number of methoxy groups -OCH3 is 1. The summed E-state index contributed by atoms with van der Waals surface area (Å²) in [5.74, 6) is 0.837. The number of ether oxygens (including phenoxy) is 1. The topological polar surface area (TPSA) is 50.4 Å². The first-order valence-electron chi connectivity index (χ1n) is 6.64. The summed E-state index contributed by atoms with van der Waals surface area (Å²) in [4.78, 5) is 12.4. The van der Waals surface area contributed by atoms with Crippen molar-refractivity contribution in [1.29, 1.82) is 0 Å². The molecule has 0 bridgehead atoms. The van der Waals surface area contributed by atoms with E-state index in [9.17, 15) is 4.79 Å². The summed E-state index contributed by atoms with van der Waals surface area (Å²) in [5, 5.41) is 6.12. The number of amides is 1. The number of rotatable bonds is 5. The maximum atomic E-state index is 12.4. The van der Waals surface area contributed by atoms with Crippen LogP contribution in [0.3, 0.4) is 0 Å². The van der Waals surface area contributed by atoms with Crippen molar-refractivity contribution >= 4 is 11.6 Å². The summed E-state index contributed by atoms with van der Waals surface area (Å²) in [6.07, 6.45) is 1.90. The zero-order valence-corrected chi connectivity index (χ0v) is 12.1. The quantitative estimate of drug-likeness (QED) is 0.855. The number of benzene rings is 1. The standard InChI is InChI=1S/C15H22N2O2/c1-10-7-11(2)13(19-4)12(8-10)17-14(18)15(5-6-15)9-16-3/h7-8,16H,5-6,9H2,1-4H3,(H,17,18). The zero-order chi connectivity index (χ0) is 14.0. The van der Waals surface area contributed by atoms with E-state index in [4.69, 9.17) is 4.74 Å². The van der Waals surface area contributed by atoms with Crippen LogP contribution in [0.25, 0.3) is 0 Å². The molecule has 2 N–H and O–H groups in total. The second kappa shape index (κ2) is 5.21. The van der Waals surface area contributed by atoms with Crippen LogP contribution >= 0.6 is 0 Å². The van der Waals surface area contributed by atoms with Crippen LogP contribution in [0.15, 0.2) is 12.1 Å². The van der Waals surface area contributed by atoms with Crippen LogP contribution in [0, 0.1) is 19.3 Å². The lowest BCUT2D eigenvalue weighted by Crippen LogP contribution is -2.32. The maximum Gasteiger partial charge on any atom is 0.231 e. The second-order valence-electron chi connectivity index (χ2n) is 5.43. The van der Waals surface area contributed by atoms with Gasteiger partial charge in [-0.15, -0.1) is 0 Å². The Morgan fingerprint density at radius 2 is 2.05 bits per heavy atom. The van der Waals surface area contributed by atoms with Crippen molar-refractivity contribution in [3.8, 4) is 5.75 Å². The molecule has 19 heavy (non-hydrogen) atoms. The van der Waals surface area contributed by atoms with Crippen molar-refractivity contribution in [2.75, 3.05) is 26.0 Å². The maximum absolute atomic E-state index is 12.4. The number of carbonyl (C=O) groups excluding carboxylic acids is 1. The fourth-order valence-electron chi connectivity index (χ4n) is 2.55. The number of aryl methyl sites for hydroxylation is 2. The van der Waals surface area contributed by atoms with Crippen LogP contribution in [0.1, 0.15) is 24.0 Å². The molecule has 4 nitrogen and oxygen atoms in total. The van der Waals surface area contributed by atoms with E-state index in [0.717, 1.165) is 42.0 Å². The second-order valence-corrected chi connectivity index (χ2v) is 5.43. The van der Waals surface area contributed by atoms with E-state index in [1.165, 1.54) is 0 Å². The summed E-state index contributed by atoms with van der Waals surface area (Å²) >= 11 is 0. The van der Waals surface area contributed by atoms with Crippen molar-refractivity contribution in [2.24, 2.45) is 5.41 Å². The van der Waals surface area contributed by atoms with Gasteiger partial charge in [0, 0.05) is 6.54 Å². The molecule has 2 rings (SSSR count). The molecule has 1 aromatic carbocycles. The van der Waals surface area contributed by atoms with Gasteiger partial charge in [0.05, 0.1) is 18.2 Å². The molecule has 1 amide bonds. The van der Waals surface area contributed by atoms with Gasteiger partial charge in [-0.3, -0.25) is 4.79 Å². The molecule has 1 fully saturated rings. The van der Waals surface area contributed by atoms with Crippen LogP contribution in [-0.4, -0.2) is 26.6 Å². The van der Waals surface area contributed by atoms with Gasteiger partial charge in [0.2, 0.25) is 5.91 Å². The van der Waals surface area contributed by atoms with E-state index in [2.05, 4.69) is 16.7 Å². The minimum absolute atomic E-state index is 0.0881. The molecule has 0 unspecified atom stereocenters. The Kier molecular flexibility index (Phi) is 3.80. The molecule has 0 radical (unpaired) electrons. The van der Waals surface area contributed by atoms with E-state index >= 15 is 0 Å². The van der Waals surface area contributed by atoms with E-state index in [-0.39, 0.29) is 11.3 Å². The van der Waals surface area contributed by atoms with Gasteiger partial charge in [-0.25, -0.2) is 0 Å². The first-order valence-corrected chi connectivity index (χ1v) is 6.64. The van der Waals surface area contributed by atoms with Gasteiger partial charge in [0.15, 0.2) is 0 Å². The van der Waals surface area contributed by atoms with Gasteiger partial charge in [-0.2, -0.15) is 0 Å². The number of carbonyl (C=O) groups is 1. The fraction of sp³-hybridized carbons (Fsp3) is 0.533. The number of hydrogen-bond donors (Lipinski definition) is 2. The lowest BCUT2D eigenvalue weighted by Gasteiger charge is -2.18. The van der Waals surface area contributed by atoms with Crippen molar-refractivity contribution in [2.45, 2.75) is 26.7 Å². The van der Waals surface area contributed by atoms with Crippen LogP contribution in [0.2, 0.25) is 0 Å². The van der Waals surface area contributed by atoms with Crippen molar-refractivity contribution < 1.29 is 9.53 Å². The van der Waals surface area contributed by atoms with Crippen LogP contribution < -0.4 is 15.4 Å². The highest BCUT2D eigenvalue weighted by Crippen LogP contribution is 2.46. The van der Waals surface area contributed by atoms with Gasteiger partial charge >= 0.3 is 0 Å². The molecule has 1 aliphatic rings. The Morgan fingerprint density at radius 3 is 2.58 bits per heavy atom. The highest BCUT2D eigenvalue weighted by atomic mass is 16.5. The van der Waals surface area contributed by atoms with Crippen LogP contribution in [0.5, 0.6) is 5.75 Å². The summed E-state index contributed by atoms with van der Waals surface area (Å²) in [7, 11) is 3.51. The molecule has 1 saturated carbocycles. The molecule has 104 valence electrons. The lowest BCUT2D eigenvalue weighted by atomic mass is 10.1. The molecule has 0 saturated heterocycles. The van der Waals surface area contributed by atoms with E-state index in [1.54, 1.807) is 7.11 Å². The Bertz CT molecular complexity index is 493. The first-order chi connectivity index (χ1) is 9.02. The predicted molar refractivity (Wildman–Crippen MR) is 76.7 cm³/mol. The molecule has 0 aliphatic heterocycles. The van der Waals surface area contributed by atoms with Crippen LogP contribution in [-0.2, 0) is 4.79 Å². The van der Waals surface area contributed by atoms with Gasteiger partial charge in [0.25, 0.3) is 0 Å². The van der Waals surface area contributed by atoms with Gasteiger partial charge in [0.1, 0.15) is 5.75 Å². The molecule has 1 aromatic rings. The predicted octanol–water partition coefficient (Wildman–Crippen LogP) is 2.25. The Labute approximate surface area is 114 Å². The monoisotopic (exact) mass is 262 g/mol. The summed E-state index contributed by atoms with van der Waals surface area (Å²) < 4.78 is 5.39. The SMILES string of the molecule is CNCC1(C(=O)Nc2cc(C)cc(C)c2OC)CC1. The highest BCUT2D eigenvalue weighted by Gasteiger charge is 2.49. The third kappa shape index (κ3) is 2.73. The molecule has 1 aliphatic carbocycles. The third-order valence-corrected chi connectivity index (χ3v) is 3.72. The number of hydrogen-bond acceptors (Lipinski definition) is 3. The Morgan fingerprint density at radius 1 is 1.37 bits per heavy atom. The number of nitrogens with one attached hydrogen (secondary N) is 2. The normalized spacial score (nSPS) is 16.0. The van der Waals surface area contributed by atoms with E-state index in [0.29, 0.717) is 0 Å². The Hall–Kier alpha value is -1.55. The lowest BCUT2D eigenvalue weighted by molar-refractivity contribution is -0.121. The summed E-state index contributed by atoms with van der Waals surface area (Å²) in [6.45, 7) is 4.73. The average Bonchev–Trinajstić information content (AvgIpc) is 3.10. The van der Waals surface area contributed by atoms with Gasteiger partial charge in [-0.1, -0.05) is 6.07 Å². The molecule has 0 spiro atoms. The fourth-order valence-corrected chi connectivity index (χ4v) is 2.55. The van der Waals surface area contributed by atoms with E-state index in [1.807, 2.05) is 27.0 Å². The largest absolute Gasteiger partial charge is 0.494 e. The molecule has 0 atom stereocenters. The van der Waals surface area contributed by atoms with E-state index < -0.39 is 0 Å². The third-order valence-electron chi connectivity index (χ3n) is 3.72. The highest BCUT2D eigenvalue weighted by molar-refractivity contribution is 5.98. The minimum Gasteiger partial charge on any atom is -0.494 e. The minimum atomic E-state index is -0.225. The smallest absolute Gasteiger partial charge is 0.231 e. The summed E-state index contributed by atoms with van der Waals surface area (Å²) in [5.41, 5.74) is 2.70.